The van der Waals surface area contributed by atoms with Crippen molar-refractivity contribution in [3.05, 3.63) is 134 Å². The molecule has 0 saturated carbocycles. The van der Waals surface area contributed by atoms with Crippen LogP contribution in [0.2, 0.25) is 0 Å². The number of rotatable bonds is 47. The lowest BCUT2D eigenvalue weighted by Gasteiger charge is -2.15. The maximum absolute atomic E-state index is 12.3. The summed E-state index contributed by atoms with van der Waals surface area (Å²) < 4.78 is 10.6. The van der Waals surface area contributed by atoms with Crippen LogP contribution in [-0.2, 0) is 19.1 Å². The van der Waals surface area contributed by atoms with E-state index < -0.39 is 6.10 Å². The monoisotopic (exact) mass is 911 g/mol. The van der Waals surface area contributed by atoms with Gasteiger partial charge in [-0.05, 0) is 109 Å². The summed E-state index contributed by atoms with van der Waals surface area (Å²) in [6.07, 6.45) is 82.8. The first-order valence-electron chi connectivity index (χ1n) is 26.7. The van der Waals surface area contributed by atoms with Gasteiger partial charge in [-0.15, -0.1) is 0 Å². The number of unbranched alkanes of at least 4 members (excludes halogenated alkanes) is 17. The van der Waals surface area contributed by atoms with E-state index in [4.69, 9.17) is 9.47 Å². The lowest BCUT2D eigenvalue weighted by molar-refractivity contribution is -0.161. The highest BCUT2D eigenvalue weighted by Gasteiger charge is 2.16. The molecule has 0 spiro atoms. The van der Waals surface area contributed by atoms with Gasteiger partial charge in [0.2, 0.25) is 0 Å². The van der Waals surface area contributed by atoms with Gasteiger partial charge in [-0.25, -0.2) is 0 Å². The van der Waals surface area contributed by atoms with Gasteiger partial charge >= 0.3 is 11.9 Å². The molecule has 66 heavy (non-hydrogen) atoms. The van der Waals surface area contributed by atoms with Gasteiger partial charge in [0.15, 0.2) is 6.10 Å². The van der Waals surface area contributed by atoms with Crippen LogP contribution in [0, 0.1) is 0 Å². The molecule has 0 rings (SSSR count). The largest absolute Gasteiger partial charge is 0.462 e. The van der Waals surface area contributed by atoms with E-state index in [0.717, 1.165) is 116 Å². The normalized spacial score (nSPS) is 13.3. The average molecular weight is 911 g/mol. The Labute approximate surface area is 406 Å². The van der Waals surface area contributed by atoms with Crippen LogP contribution in [0.25, 0.3) is 0 Å². The first-order valence-corrected chi connectivity index (χ1v) is 26.7. The molecule has 0 bridgehead atoms. The number of allylic oxidation sites excluding steroid dienone is 22. The average Bonchev–Trinajstić information content (AvgIpc) is 3.32. The summed E-state index contributed by atoms with van der Waals surface area (Å²) in [5.41, 5.74) is 0. The Bertz CT molecular complexity index is 1400. The van der Waals surface area contributed by atoms with E-state index in [1.165, 1.54) is 77.0 Å². The minimum Gasteiger partial charge on any atom is -0.462 e. The summed E-state index contributed by atoms with van der Waals surface area (Å²) in [7, 11) is 0. The van der Waals surface area contributed by atoms with Gasteiger partial charge in [0, 0.05) is 12.8 Å². The number of aliphatic hydroxyl groups excluding tert-OH is 1. The van der Waals surface area contributed by atoms with E-state index in [2.05, 4.69) is 148 Å². The van der Waals surface area contributed by atoms with Gasteiger partial charge in [-0.2, -0.15) is 0 Å². The van der Waals surface area contributed by atoms with Crippen molar-refractivity contribution in [3.8, 4) is 0 Å². The van der Waals surface area contributed by atoms with E-state index in [1.807, 2.05) is 0 Å². The number of esters is 2. The van der Waals surface area contributed by atoms with Crippen molar-refractivity contribution >= 4 is 11.9 Å². The van der Waals surface area contributed by atoms with Crippen molar-refractivity contribution in [3.63, 3.8) is 0 Å². The summed E-state index contributed by atoms with van der Waals surface area (Å²) >= 11 is 0. The van der Waals surface area contributed by atoms with Crippen molar-refractivity contribution in [2.75, 3.05) is 13.2 Å². The Hall–Kier alpha value is -3.96. The molecule has 0 heterocycles. The van der Waals surface area contributed by atoms with Crippen LogP contribution in [0.5, 0.6) is 0 Å². The first-order chi connectivity index (χ1) is 32.6. The Morgan fingerprint density at radius 1 is 0.348 bits per heavy atom. The molecule has 0 aromatic carbocycles. The molecule has 1 N–H and O–H groups in total. The molecule has 0 fully saturated rings. The second kappa shape index (κ2) is 55.4. The molecule has 5 heteroatoms. The Morgan fingerprint density at radius 2 is 0.606 bits per heavy atom. The molecule has 0 aliphatic carbocycles. The second-order valence-corrected chi connectivity index (χ2v) is 17.2. The van der Waals surface area contributed by atoms with Crippen molar-refractivity contribution in [1.82, 2.24) is 0 Å². The molecule has 0 aromatic rings. The minimum atomic E-state index is -0.791. The quantitative estimate of drug-likeness (QED) is 0.0374. The van der Waals surface area contributed by atoms with Crippen molar-refractivity contribution in [2.24, 2.45) is 0 Å². The highest BCUT2D eigenvalue weighted by atomic mass is 16.6. The Balaban J connectivity index is 3.54. The fourth-order valence-corrected chi connectivity index (χ4v) is 7.00. The molecule has 372 valence electrons. The van der Waals surface area contributed by atoms with Crippen molar-refractivity contribution in [1.29, 1.82) is 0 Å². The lowest BCUT2D eigenvalue weighted by atomic mass is 10.0. The third-order valence-corrected chi connectivity index (χ3v) is 10.9. The van der Waals surface area contributed by atoms with Crippen LogP contribution in [-0.4, -0.2) is 36.4 Å². The Morgan fingerprint density at radius 3 is 0.924 bits per heavy atom. The molecule has 0 aliphatic rings. The highest BCUT2D eigenvalue weighted by molar-refractivity contribution is 5.70. The zero-order chi connectivity index (χ0) is 47.7. The number of carbonyl (C=O) groups excluding carboxylic acids is 2. The van der Waals surface area contributed by atoms with Crippen LogP contribution in [0.1, 0.15) is 219 Å². The zero-order valence-electron chi connectivity index (χ0n) is 42.4. The van der Waals surface area contributed by atoms with Gasteiger partial charge in [0.05, 0.1) is 6.61 Å². The van der Waals surface area contributed by atoms with Crippen molar-refractivity contribution in [2.45, 2.75) is 225 Å². The molecule has 5 nitrogen and oxygen atoms in total. The van der Waals surface area contributed by atoms with Crippen LogP contribution >= 0.6 is 0 Å². The summed E-state index contributed by atoms with van der Waals surface area (Å²) in [4.78, 5) is 24.4. The van der Waals surface area contributed by atoms with Crippen LogP contribution in [0.15, 0.2) is 134 Å². The molecule has 0 aromatic heterocycles. The van der Waals surface area contributed by atoms with Crippen LogP contribution in [0.3, 0.4) is 0 Å². The highest BCUT2D eigenvalue weighted by Crippen LogP contribution is 2.15. The fourth-order valence-electron chi connectivity index (χ4n) is 7.00. The predicted octanol–water partition coefficient (Wildman–Crippen LogP) is 18.1. The van der Waals surface area contributed by atoms with Crippen LogP contribution < -0.4 is 0 Å². The molecule has 1 atom stereocenters. The van der Waals surface area contributed by atoms with E-state index >= 15 is 0 Å². The Kier molecular flexibility index (Phi) is 52.0. The molecule has 0 saturated heterocycles. The summed E-state index contributed by atoms with van der Waals surface area (Å²) in [6.45, 7) is 3.87. The topological polar surface area (TPSA) is 72.8 Å². The molecule has 0 radical (unpaired) electrons. The third kappa shape index (κ3) is 52.7. The van der Waals surface area contributed by atoms with E-state index in [9.17, 15) is 14.7 Å². The van der Waals surface area contributed by atoms with E-state index in [0.29, 0.717) is 12.8 Å². The first kappa shape index (κ1) is 62.0. The molecular formula is C61H98O5. The number of ether oxygens (including phenoxy) is 2. The SMILES string of the molecule is CC/C=C\C/C=C\C/C=C\C/C=C\C/C=C\C/C=C\C/C=C\C/C=C\CCCCCCCCCCCCCCCCC(=O)OC(CO)COC(=O)CCCCC/C=C\C/C=C\C/C=C\CC. The summed E-state index contributed by atoms with van der Waals surface area (Å²) in [5, 5.41) is 9.60. The van der Waals surface area contributed by atoms with Gasteiger partial charge in [0.1, 0.15) is 6.61 Å². The standard InChI is InChI=1S/C61H98O5/c1-3-5-7-9-11-13-15-17-18-19-20-21-22-23-24-25-26-27-28-29-30-31-32-33-34-35-36-37-38-39-40-41-42-44-46-48-50-52-54-56-61(64)66-59(57-62)58-65-60(63)55-53-51-49-47-45-43-16-14-12-10-8-6-4-2/h5-8,11-14,17-18,20-21,23-24,26-27,29-30,32-33,43,45,59,62H,3-4,9-10,15-16,19,22,25,28,31,34-42,44,46-58H2,1-2H3/b7-5-,8-6-,13-11-,14-12-,18-17-,21-20-,24-23-,27-26-,30-29-,33-32-,45-43-. The van der Waals surface area contributed by atoms with Crippen LogP contribution in [0.4, 0.5) is 0 Å². The molecule has 1 unspecified atom stereocenters. The smallest absolute Gasteiger partial charge is 0.306 e. The van der Waals surface area contributed by atoms with E-state index in [-0.39, 0.29) is 25.2 Å². The maximum Gasteiger partial charge on any atom is 0.306 e. The number of hydrogen-bond acceptors (Lipinski definition) is 5. The van der Waals surface area contributed by atoms with Gasteiger partial charge in [-0.3, -0.25) is 9.59 Å². The molecule has 0 aliphatic heterocycles. The van der Waals surface area contributed by atoms with Gasteiger partial charge in [0.25, 0.3) is 0 Å². The summed E-state index contributed by atoms with van der Waals surface area (Å²) in [5.74, 6) is -0.632. The fraction of sp³-hybridized carbons (Fsp3) is 0.607. The number of carbonyl (C=O) groups is 2. The number of aliphatic hydroxyl groups is 1. The zero-order valence-corrected chi connectivity index (χ0v) is 42.4. The predicted molar refractivity (Wildman–Crippen MR) is 288 cm³/mol. The van der Waals surface area contributed by atoms with Crippen molar-refractivity contribution < 1.29 is 24.2 Å². The summed E-state index contributed by atoms with van der Waals surface area (Å²) in [6, 6.07) is 0. The lowest BCUT2D eigenvalue weighted by Crippen LogP contribution is -2.28. The third-order valence-electron chi connectivity index (χ3n) is 10.9. The van der Waals surface area contributed by atoms with E-state index in [1.54, 1.807) is 0 Å². The van der Waals surface area contributed by atoms with Gasteiger partial charge in [-0.1, -0.05) is 231 Å². The molecular weight excluding hydrogens is 813 g/mol. The van der Waals surface area contributed by atoms with Gasteiger partial charge < -0.3 is 14.6 Å². The minimum absolute atomic E-state index is 0.0871. The number of hydrogen-bond donors (Lipinski definition) is 1. The second-order valence-electron chi connectivity index (χ2n) is 17.2. The molecule has 0 amide bonds. The maximum atomic E-state index is 12.3.